The fraction of sp³-hybridized carbons (Fsp3) is 0.900. The highest BCUT2D eigenvalue weighted by molar-refractivity contribution is 5.72. The Balaban J connectivity index is 1.70. The number of carbonyl (C=O) groups is 1. The fourth-order valence-corrected chi connectivity index (χ4v) is 2.20. The summed E-state index contributed by atoms with van der Waals surface area (Å²) < 4.78 is 11.1. The van der Waals surface area contributed by atoms with Crippen LogP contribution < -0.4 is 5.32 Å². The van der Waals surface area contributed by atoms with Gasteiger partial charge in [-0.05, 0) is 12.8 Å². The maximum Gasteiger partial charge on any atom is 0.216 e. The number of hydrogen-bond donors (Lipinski definition) is 1. The average molecular weight is 199 g/mol. The van der Waals surface area contributed by atoms with E-state index in [0.29, 0.717) is 6.54 Å². The summed E-state index contributed by atoms with van der Waals surface area (Å²) in [6.45, 7) is 3.81. The molecule has 80 valence electrons. The highest BCUT2D eigenvalue weighted by Gasteiger charge is 2.46. The van der Waals surface area contributed by atoms with Crippen LogP contribution in [0.15, 0.2) is 0 Å². The molecule has 4 heteroatoms. The van der Waals surface area contributed by atoms with Crippen LogP contribution in [0, 0.1) is 0 Å². The number of ether oxygens (including phenoxy) is 2. The van der Waals surface area contributed by atoms with Crippen LogP contribution in [0.25, 0.3) is 0 Å². The summed E-state index contributed by atoms with van der Waals surface area (Å²) >= 11 is 0. The molecular formula is C10H17NO3. The molecule has 0 bridgehead atoms. The summed E-state index contributed by atoms with van der Waals surface area (Å²) in [5.41, 5.74) is 0.0847. The van der Waals surface area contributed by atoms with Gasteiger partial charge in [-0.1, -0.05) is 0 Å². The van der Waals surface area contributed by atoms with Crippen LogP contribution in [0.2, 0.25) is 0 Å². The third kappa shape index (κ3) is 2.07. The van der Waals surface area contributed by atoms with E-state index in [1.54, 1.807) is 0 Å². The zero-order valence-electron chi connectivity index (χ0n) is 8.54. The summed E-state index contributed by atoms with van der Waals surface area (Å²) in [5, 5.41) is 2.77. The van der Waals surface area contributed by atoms with E-state index < -0.39 is 0 Å². The topological polar surface area (TPSA) is 47.6 Å². The van der Waals surface area contributed by atoms with Crippen LogP contribution in [0.4, 0.5) is 0 Å². The lowest BCUT2D eigenvalue weighted by Gasteiger charge is -2.50. The van der Waals surface area contributed by atoms with Crippen molar-refractivity contribution in [3.05, 3.63) is 0 Å². The third-order valence-electron chi connectivity index (χ3n) is 3.00. The molecule has 1 unspecified atom stereocenters. The molecule has 0 aromatic carbocycles. The monoisotopic (exact) mass is 199 g/mol. The Bertz CT molecular complexity index is 215. The zero-order valence-corrected chi connectivity index (χ0v) is 8.54. The summed E-state index contributed by atoms with van der Waals surface area (Å²) in [6, 6.07) is 0. The zero-order chi connectivity index (χ0) is 10.0. The van der Waals surface area contributed by atoms with Gasteiger partial charge in [-0.3, -0.25) is 4.79 Å². The van der Waals surface area contributed by atoms with Gasteiger partial charge in [-0.15, -0.1) is 0 Å². The predicted molar refractivity (Wildman–Crippen MR) is 51.0 cm³/mol. The molecular weight excluding hydrogens is 182 g/mol. The second-order valence-electron chi connectivity index (χ2n) is 4.18. The lowest BCUT2D eigenvalue weighted by atomic mass is 9.82. The van der Waals surface area contributed by atoms with Crippen molar-refractivity contribution < 1.29 is 14.3 Å². The van der Waals surface area contributed by atoms with E-state index in [2.05, 4.69) is 5.32 Å². The molecule has 14 heavy (non-hydrogen) atoms. The molecule has 2 heterocycles. The van der Waals surface area contributed by atoms with Gasteiger partial charge in [0.05, 0.1) is 11.7 Å². The Hall–Kier alpha value is -0.610. The van der Waals surface area contributed by atoms with Gasteiger partial charge >= 0.3 is 0 Å². The molecule has 1 N–H and O–H groups in total. The molecule has 0 radical (unpaired) electrons. The molecule has 2 aliphatic heterocycles. The first-order valence-corrected chi connectivity index (χ1v) is 5.20. The van der Waals surface area contributed by atoms with E-state index in [1.807, 2.05) is 0 Å². The van der Waals surface area contributed by atoms with Crippen LogP contribution in [0.3, 0.4) is 0 Å². The highest BCUT2D eigenvalue weighted by atomic mass is 16.5. The smallest absolute Gasteiger partial charge is 0.216 e. The minimum Gasteiger partial charge on any atom is -0.381 e. The lowest BCUT2D eigenvalue weighted by Crippen LogP contribution is -2.56. The van der Waals surface area contributed by atoms with Crippen LogP contribution >= 0.6 is 0 Å². The Morgan fingerprint density at radius 2 is 2.14 bits per heavy atom. The number of carbonyl (C=O) groups excluding carboxylic acids is 1. The molecule has 2 rings (SSSR count). The third-order valence-corrected chi connectivity index (χ3v) is 3.00. The lowest BCUT2D eigenvalue weighted by molar-refractivity contribution is -0.234. The average Bonchev–Trinajstić information content (AvgIpc) is 2.12. The van der Waals surface area contributed by atoms with Gasteiger partial charge in [-0.25, -0.2) is 0 Å². The van der Waals surface area contributed by atoms with Crippen molar-refractivity contribution in [2.75, 3.05) is 19.8 Å². The Morgan fingerprint density at radius 3 is 2.71 bits per heavy atom. The van der Waals surface area contributed by atoms with Crippen LogP contribution in [0.1, 0.15) is 26.2 Å². The van der Waals surface area contributed by atoms with Gasteiger partial charge in [0.2, 0.25) is 5.91 Å². The summed E-state index contributed by atoms with van der Waals surface area (Å²) in [4.78, 5) is 10.7. The van der Waals surface area contributed by atoms with E-state index >= 15 is 0 Å². The Kier molecular flexibility index (Phi) is 2.74. The maximum atomic E-state index is 10.7. The van der Waals surface area contributed by atoms with Crippen molar-refractivity contribution in [1.29, 1.82) is 0 Å². The Labute approximate surface area is 84.0 Å². The van der Waals surface area contributed by atoms with Gasteiger partial charge < -0.3 is 14.8 Å². The van der Waals surface area contributed by atoms with Crippen LogP contribution in [0.5, 0.6) is 0 Å². The van der Waals surface area contributed by atoms with Gasteiger partial charge in [0.25, 0.3) is 0 Å². The number of rotatable bonds is 2. The normalized spacial score (nSPS) is 29.6. The van der Waals surface area contributed by atoms with Crippen molar-refractivity contribution in [2.24, 2.45) is 0 Å². The maximum absolute atomic E-state index is 10.7. The SMILES string of the molecule is CC(=O)NCC1CC2(CCOCC2)O1. The fourth-order valence-electron chi connectivity index (χ4n) is 2.20. The first-order valence-electron chi connectivity index (χ1n) is 5.20. The minimum absolute atomic E-state index is 0.0153. The van der Waals surface area contributed by atoms with Gasteiger partial charge in [0.15, 0.2) is 0 Å². The van der Waals surface area contributed by atoms with Crippen molar-refractivity contribution in [1.82, 2.24) is 5.32 Å². The van der Waals surface area contributed by atoms with E-state index in [-0.39, 0.29) is 17.6 Å². The largest absolute Gasteiger partial charge is 0.381 e. The van der Waals surface area contributed by atoms with Crippen molar-refractivity contribution in [3.8, 4) is 0 Å². The summed E-state index contributed by atoms with van der Waals surface area (Å²) in [5.74, 6) is 0.0153. The van der Waals surface area contributed by atoms with E-state index in [0.717, 1.165) is 32.5 Å². The molecule has 2 saturated heterocycles. The highest BCUT2D eigenvalue weighted by Crippen LogP contribution is 2.40. The van der Waals surface area contributed by atoms with Crippen molar-refractivity contribution in [3.63, 3.8) is 0 Å². The first kappa shape index (κ1) is 9.93. The molecule has 0 saturated carbocycles. The number of hydrogen-bond acceptors (Lipinski definition) is 3. The van der Waals surface area contributed by atoms with Gasteiger partial charge in [0.1, 0.15) is 0 Å². The number of nitrogens with one attached hydrogen (secondary N) is 1. The van der Waals surface area contributed by atoms with E-state index in [4.69, 9.17) is 9.47 Å². The second kappa shape index (κ2) is 3.87. The molecule has 1 atom stereocenters. The molecule has 0 aromatic heterocycles. The molecule has 0 aromatic rings. The van der Waals surface area contributed by atoms with Gasteiger partial charge in [-0.2, -0.15) is 0 Å². The molecule has 4 nitrogen and oxygen atoms in total. The molecule has 2 aliphatic rings. The predicted octanol–water partition coefficient (Wildman–Crippen LogP) is 0.461. The van der Waals surface area contributed by atoms with Crippen molar-refractivity contribution in [2.45, 2.75) is 37.9 Å². The molecule has 1 amide bonds. The van der Waals surface area contributed by atoms with Crippen molar-refractivity contribution >= 4 is 5.91 Å². The van der Waals surface area contributed by atoms with E-state index in [9.17, 15) is 4.79 Å². The summed E-state index contributed by atoms with van der Waals surface area (Å²) in [7, 11) is 0. The quantitative estimate of drug-likeness (QED) is 0.703. The molecule has 1 spiro atoms. The second-order valence-corrected chi connectivity index (χ2v) is 4.18. The van der Waals surface area contributed by atoms with Gasteiger partial charge in [0, 0.05) is 33.1 Å². The standard InChI is InChI=1S/C10H17NO3/c1-8(12)11-7-9-6-10(14-9)2-4-13-5-3-10/h9H,2-7H2,1H3,(H,11,12). The minimum atomic E-state index is 0.0153. The van der Waals surface area contributed by atoms with Crippen LogP contribution in [-0.2, 0) is 14.3 Å². The number of amides is 1. The molecule has 2 fully saturated rings. The molecule has 0 aliphatic carbocycles. The summed E-state index contributed by atoms with van der Waals surface area (Å²) in [6.07, 6.45) is 3.29. The first-order chi connectivity index (χ1) is 6.70. The Morgan fingerprint density at radius 1 is 1.50 bits per heavy atom. The van der Waals surface area contributed by atoms with Crippen LogP contribution in [-0.4, -0.2) is 37.4 Å². The van der Waals surface area contributed by atoms with E-state index in [1.165, 1.54) is 6.92 Å².